The molecule has 39 heavy (non-hydrogen) atoms. The van der Waals surface area contributed by atoms with Crippen molar-refractivity contribution in [3.8, 4) is 0 Å². The van der Waals surface area contributed by atoms with Gasteiger partial charge in [0.15, 0.2) is 0 Å². The van der Waals surface area contributed by atoms with Crippen LogP contribution in [0.4, 0.5) is 19.0 Å². The molecule has 1 aromatic heterocycles. The van der Waals surface area contributed by atoms with Crippen molar-refractivity contribution < 1.29 is 21.6 Å². The minimum Gasteiger partial charge on any atom is -0.365 e. The summed E-state index contributed by atoms with van der Waals surface area (Å²) < 4.78 is 66.1. The number of nitrogens with one attached hydrogen (secondary N) is 1. The van der Waals surface area contributed by atoms with E-state index < -0.39 is 21.8 Å². The summed E-state index contributed by atoms with van der Waals surface area (Å²) in [7, 11) is -3.91. The molecule has 1 fully saturated rings. The Balaban J connectivity index is 1.30. The van der Waals surface area contributed by atoms with Gasteiger partial charge in [-0.2, -0.15) is 17.5 Å². The van der Waals surface area contributed by atoms with E-state index in [1.54, 1.807) is 0 Å². The molecule has 0 amide bonds. The van der Waals surface area contributed by atoms with Crippen molar-refractivity contribution >= 4 is 26.7 Å². The smallest absolute Gasteiger partial charge is 0.365 e. The number of rotatable bonds is 7. The fourth-order valence-electron chi connectivity index (χ4n) is 4.66. The first-order valence-corrected chi connectivity index (χ1v) is 14.0. The molecule has 5 rings (SSSR count). The monoisotopic (exact) mass is 555 g/mol. The summed E-state index contributed by atoms with van der Waals surface area (Å²) in [4.78, 5) is 11.6. The summed E-state index contributed by atoms with van der Waals surface area (Å²) in [5, 5.41) is 4.35. The first kappa shape index (κ1) is 27.0. The summed E-state index contributed by atoms with van der Waals surface area (Å²) in [6.45, 7) is 3.88. The van der Waals surface area contributed by atoms with Crippen molar-refractivity contribution in [2.24, 2.45) is 0 Å². The van der Waals surface area contributed by atoms with Crippen LogP contribution in [0.1, 0.15) is 29.9 Å². The van der Waals surface area contributed by atoms with Crippen LogP contribution in [0.15, 0.2) is 83.8 Å². The number of sulfonamides is 1. The van der Waals surface area contributed by atoms with Gasteiger partial charge in [-0.05, 0) is 48.9 Å². The minimum atomic E-state index is -4.52. The third-order valence-electron chi connectivity index (χ3n) is 6.94. The molecule has 11 heteroatoms. The highest BCUT2D eigenvalue weighted by molar-refractivity contribution is 7.89. The van der Waals surface area contributed by atoms with Crippen molar-refractivity contribution in [3.63, 3.8) is 0 Å². The molecule has 1 aliphatic heterocycles. The van der Waals surface area contributed by atoms with Gasteiger partial charge in [0.1, 0.15) is 11.6 Å². The van der Waals surface area contributed by atoms with E-state index in [-0.39, 0.29) is 24.0 Å². The summed E-state index contributed by atoms with van der Waals surface area (Å²) in [6.07, 6.45) is -4.52. The van der Waals surface area contributed by atoms with Crippen molar-refractivity contribution in [1.29, 1.82) is 0 Å². The maximum Gasteiger partial charge on any atom is 0.416 e. The van der Waals surface area contributed by atoms with E-state index in [9.17, 15) is 21.6 Å². The Morgan fingerprint density at radius 2 is 1.51 bits per heavy atom. The molecule has 0 unspecified atom stereocenters. The molecule has 3 aromatic carbocycles. The van der Waals surface area contributed by atoms with Gasteiger partial charge in [-0.3, -0.25) is 4.90 Å². The number of hydrogen-bond acceptors (Lipinski definition) is 6. The van der Waals surface area contributed by atoms with E-state index in [4.69, 9.17) is 9.97 Å². The average Bonchev–Trinajstić information content (AvgIpc) is 2.95. The molecule has 2 heterocycles. The van der Waals surface area contributed by atoms with Crippen LogP contribution in [0.5, 0.6) is 0 Å². The quantitative estimate of drug-likeness (QED) is 0.332. The van der Waals surface area contributed by atoms with Crippen LogP contribution in [0.3, 0.4) is 0 Å². The fraction of sp³-hybridized carbons (Fsp3) is 0.286. The lowest BCUT2D eigenvalue weighted by atomic mass is 10.2. The molecule has 204 valence electrons. The molecule has 7 nitrogen and oxygen atoms in total. The molecule has 0 spiro atoms. The van der Waals surface area contributed by atoms with Crippen molar-refractivity contribution in [3.05, 3.63) is 95.8 Å². The van der Waals surface area contributed by atoms with Gasteiger partial charge in [-0.15, -0.1) is 0 Å². The summed E-state index contributed by atoms with van der Waals surface area (Å²) in [5.41, 5.74) is 1.06. The van der Waals surface area contributed by atoms with Gasteiger partial charge in [0.2, 0.25) is 10.0 Å². The number of aromatic nitrogens is 2. The van der Waals surface area contributed by atoms with Crippen LogP contribution < -0.4 is 5.32 Å². The van der Waals surface area contributed by atoms with E-state index in [0.29, 0.717) is 25.5 Å². The van der Waals surface area contributed by atoms with Crippen LogP contribution in [0.25, 0.3) is 10.9 Å². The van der Waals surface area contributed by atoms with Crippen LogP contribution in [0.2, 0.25) is 0 Å². The molecule has 1 N–H and O–H groups in total. The van der Waals surface area contributed by atoms with Gasteiger partial charge in [-0.25, -0.2) is 18.4 Å². The maximum absolute atomic E-state index is 13.1. The van der Waals surface area contributed by atoms with E-state index in [0.717, 1.165) is 46.5 Å². The fourth-order valence-corrected chi connectivity index (χ4v) is 6.08. The molecule has 0 radical (unpaired) electrons. The average molecular weight is 556 g/mol. The van der Waals surface area contributed by atoms with Crippen molar-refractivity contribution in [2.75, 3.05) is 31.5 Å². The first-order chi connectivity index (χ1) is 18.6. The molecule has 0 bridgehead atoms. The lowest BCUT2D eigenvalue weighted by Gasteiger charge is -2.37. The number of anilines is 1. The Morgan fingerprint density at radius 1 is 0.872 bits per heavy atom. The Hall–Kier alpha value is -3.54. The SMILES string of the molecule is C[C@@H](c1nc(NCc2ccccc2)c2ccccc2n1)N1CCN(S(=O)(=O)c2ccc(C(F)(F)F)cc2)CC1. The number of hydrogen-bond donors (Lipinski definition) is 1. The van der Waals surface area contributed by atoms with E-state index in [1.165, 1.54) is 4.31 Å². The van der Waals surface area contributed by atoms with E-state index in [2.05, 4.69) is 10.2 Å². The number of halogens is 3. The summed E-state index contributed by atoms with van der Waals surface area (Å²) >= 11 is 0. The predicted molar refractivity (Wildman–Crippen MR) is 143 cm³/mol. The second kappa shape index (κ2) is 10.9. The number of nitrogens with zero attached hydrogens (tertiary/aromatic N) is 4. The third-order valence-corrected chi connectivity index (χ3v) is 8.85. The Bertz CT molecular complexity index is 1540. The zero-order valence-corrected chi connectivity index (χ0v) is 22.1. The molecular formula is C28H28F3N5O2S. The van der Waals surface area contributed by atoms with Gasteiger partial charge >= 0.3 is 6.18 Å². The molecule has 1 atom stereocenters. The first-order valence-electron chi connectivity index (χ1n) is 12.6. The maximum atomic E-state index is 13.1. The highest BCUT2D eigenvalue weighted by Crippen LogP contribution is 2.31. The van der Waals surface area contributed by atoms with E-state index >= 15 is 0 Å². The van der Waals surface area contributed by atoms with Gasteiger partial charge in [-0.1, -0.05) is 42.5 Å². The lowest BCUT2D eigenvalue weighted by molar-refractivity contribution is -0.137. The number of alkyl halides is 3. The number of piperazine rings is 1. The largest absolute Gasteiger partial charge is 0.416 e. The van der Waals surface area contributed by atoms with Crippen molar-refractivity contribution in [1.82, 2.24) is 19.2 Å². The van der Waals surface area contributed by atoms with Crippen molar-refractivity contribution in [2.45, 2.75) is 30.6 Å². The van der Waals surface area contributed by atoms with Crippen LogP contribution in [-0.2, 0) is 22.7 Å². The van der Waals surface area contributed by atoms with Crippen LogP contribution >= 0.6 is 0 Å². The highest BCUT2D eigenvalue weighted by Gasteiger charge is 2.33. The van der Waals surface area contributed by atoms with Gasteiger partial charge < -0.3 is 5.32 Å². The zero-order valence-electron chi connectivity index (χ0n) is 21.3. The molecule has 0 saturated carbocycles. The molecule has 1 aliphatic rings. The summed E-state index contributed by atoms with van der Waals surface area (Å²) in [6, 6.07) is 21.3. The molecule has 4 aromatic rings. The predicted octanol–water partition coefficient (Wildman–Crippen LogP) is 5.33. The normalized spacial score (nSPS) is 16.3. The number of para-hydroxylation sites is 1. The summed E-state index contributed by atoms with van der Waals surface area (Å²) in [5.74, 6) is 1.36. The standard InChI is InChI=1S/C28H28F3N5O2S/c1-20(26-33-25-10-6-5-9-24(25)27(34-26)32-19-21-7-3-2-4-8-21)35-15-17-36(18-16-35)39(37,38)23-13-11-22(12-14-23)28(29,30)31/h2-14,20H,15-19H2,1H3,(H,32,33,34)/t20-/m0/s1. The van der Waals surface area contributed by atoms with Crippen LogP contribution in [0, 0.1) is 0 Å². The topological polar surface area (TPSA) is 78.4 Å². The minimum absolute atomic E-state index is 0.149. The Kier molecular flexibility index (Phi) is 7.57. The van der Waals surface area contributed by atoms with Gasteiger partial charge in [0.05, 0.1) is 22.0 Å². The third kappa shape index (κ3) is 5.90. The lowest BCUT2D eigenvalue weighted by Crippen LogP contribution is -2.49. The Morgan fingerprint density at radius 3 is 2.18 bits per heavy atom. The molecule has 0 aliphatic carbocycles. The van der Waals surface area contributed by atoms with Gasteiger partial charge in [0, 0.05) is 38.1 Å². The van der Waals surface area contributed by atoms with Crippen LogP contribution in [-0.4, -0.2) is 53.8 Å². The second-order valence-electron chi connectivity index (χ2n) is 9.42. The Labute approximate surface area is 225 Å². The highest BCUT2D eigenvalue weighted by atomic mass is 32.2. The van der Waals surface area contributed by atoms with Gasteiger partial charge in [0.25, 0.3) is 0 Å². The number of fused-ring (bicyclic) bond motifs is 1. The second-order valence-corrected chi connectivity index (χ2v) is 11.4. The molecular weight excluding hydrogens is 527 g/mol. The van der Waals surface area contributed by atoms with E-state index in [1.807, 2.05) is 61.5 Å². The zero-order chi connectivity index (χ0) is 27.6. The number of benzene rings is 3. The molecule has 1 saturated heterocycles.